The van der Waals surface area contributed by atoms with Gasteiger partial charge in [0, 0.05) is 13.0 Å². The molecule has 0 fully saturated rings. The predicted octanol–water partition coefficient (Wildman–Crippen LogP) is 3.46. The fourth-order valence-corrected chi connectivity index (χ4v) is 5.02. The van der Waals surface area contributed by atoms with E-state index in [0.717, 1.165) is 0 Å². The third-order valence-corrected chi connectivity index (χ3v) is 6.98. The van der Waals surface area contributed by atoms with Crippen molar-refractivity contribution in [3.8, 4) is 0 Å². The maximum absolute atomic E-state index is 13.4. The van der Waals surface area contributed by atoms with Crippen LogP contribution in [-0.4, -0.2) is 35.5 Å². The molecule has 0 unspecified atom stereocenters. The summed E-state index contributed by atoms with van der Waals surface area (Å²) >= 11 is 0. The number of nitrogens with zero attached hydrogens (tertiary/aromatic N) is 1. The minimum atomic E-state index is -3.55. The van der Waals surface area contributed by atoms with Gasteiger partial charge in [0.15, 0.2) is 9.84 Å². The molecule has 9 heteroatoms. The van der Waals surface area contributed by atoms with Crippen molar-refractivity contribution in [3.05, 3.63) is 95.6 Å². The number of carboxylic acid groups (broad SMARTS) is 1. The van der Waals surface area contributed by atoms with Crippen molar-refractivity contribution in [1.82, 2.24) is 15.3 Å². The number of halogens is 1. The van der Waals surface area contributed by atoms with Crippen LogP contribution in [0.2, 0.25) is 0 Å². The molecule has 0 bridgehead atoms. The Labute approximate surface area is 190 Å². The lowest BCUT2D eigenvalue weighted by molar-refractivity contribution is -0.139. The summed E-state index contributed by atoms with van der Waals surface area (Å²) in [5.41, 5.74) is 2.32. The molecule has 0 spiro atoms. The first-order chi connectivity index (χ1) is 15.8. The largest absolute Gasteiger partial charge is 0.480 e. The molecule has 7 nitrogen and oxygen atoms in total. The average Bonchev–Trinajstić information content (AvgIpc) is 3.19. The standard InChI is InChI=1S/C24H22FN3O4S/c25-18-10-11-20-21(12-18)28-23(27-20)13-22(24(29)30)26-14-16-6-4-5-7-17(16)15-33(31,32)19-8-2-1-3-9-19/h1-12,22,26H,13-15H2,(H,27,28)(H,29,30)/t22-/m1/s1. The third-order valence-electron chi connectivity index (χ3n) is 5.29. The van der Waals surface area contributed by atoms with Crippen LogP contribution >= 0.6 is 0 Å². The third kappa shape index (κ3) is 5.44. The molecule has 0 saturated heterocycles. The van der Waals surface area contributed by atoms with Crippen molar-refractivity contribution in [1.29, 1.82) is 0 Å². The van der Waals surface area contributed by atoms with Crippen LogP contribution in [0, 0.1) is 5.82 Å². The first-order valence-corrected chi connectivity index (χ1v) is 11.9. The van der Waals surface area contributed by atoms with Gasteiger partial charge in [0.2, 0.25) is 0 Å². The van der Waals surface area contributed by atoms with E-state index in [0.29, 0.717) is 28.0 Å². The van der Waals surface area contributed by atoms with Crippen molar-refractivity contribution in [2.75, 3.05) is 0 Å². The van der Waals surface area contributed by atoms with Gasteiger partial charge in [-0.3, -0.25) is 10.1 Å². The number of hydrogen-bond acceptors (Lipinski definition) is 5. The Morgan fingerprint density at radius 3 is 2.45 bits per heavy atom. The number of benzene rings is 3. The highest BCUT2D eigenvalue weighted by Crippen LogP contribution is 2.19. The minimum Gasteiger partial charge on any atom is -0.480 e. The number of nitrogens with one attached hydrogen (secondary N) is 2. The number of aliphatic carboxylic acids is 1. The number of sulfone groups is 1. The van der Waals surface area contributed by atoms with Gasteiger partial charge in [-0.25, -0.2) is 17.8 Å². The molecule has 4 rings (SSSR count). The number of fused-ring (bicyclic) bond motifs is 1. The quantitative estimate of drug-likeness (QED) is 0.348. The van der Waals surface area contributed by atoms with Crippen molar-refractivity contribution in [2.45, 2.75) is 29.7 Å². The Kier molecular flexibility index (Phi) is 6.52. The summed E-state index contributed by atoms with van der Waals surface area (Å²) in [4.78, 5) is 19.3. The topological polar surface area (TPSA) is 112 Å². The average molecular weight is 468 g/mol. The molecule has 0 saturated carbocycles. The zero-order valence-corrected chi connectivity index (χ0v) is 18.3. The molecule has 3 N–H and O–H groups in total. The Balaban J connectivity index is 1.49. The van der Waals surface area contributed by atoms with Crippen molar-refractivity contribution in [2.24, 2.45) is 0 Å². The van der Waals surface area contributed by atoms with E-state index >= 15 is 0 Å². The number of carboxylic acids is 1. The van der Waals surface area contributed by atoms with E-state index in [4.69, 9.17) is 0 Å². The summed E-state index contributed by atoms with van der Waals surface area (Å²) in [5, 5.41) is 12.7. The molecule has 1 atom stereocenters. The second kappa shape index (κ2) is 9.51. The summed E-state index contributed by atoms with van der Waals surface area (Å²) in [6, 6.07) is 18.4. The lowest BCUT2D eigenvalue weighted by Gasteiger charge is -2.16. The van der Waals surface area contributed by atoms with Crippen LogP contribution in [0.1, 0.15) is 17.0 Å². The smallest absolute Gasteiger partial charge is 0.321 e. The molecule has 0 amide bonds. The summed E-state index contributed by atoms with van der Waals surface area (Å²) < 4.78 is 39.0. The maximum Gasteiger partial charge on any atom is 0.321 e. The molecule has 170 valence electrons. The number of imidazole rings is 1. The molecule has 3 aromatic carbocycles. The molecule has 4 aromatic rings. The van der Waals surface area contributed by atoms with Crippen LogP contribution in [0.4, 0.5) is 4.39 Å². The highest BCUT2D eigenvalue weighted by molar-refractivity contribution is 7.90. The Morgan fingerprint density at radius 1 is 1.03 bits per heavy atom. The lowest BCUT2D eigenvalue weighted by atomic mass is 10.1. The zero-order chi connectivity index (χ0) is 23.4. The Morgan fingerprint density at radius 2 is 1.73 bits per heavy atom. The summed E-state index contributed by atoms with van der Waals surface area (Å²) in [6.07, 6.45) is 0.0517. The SMILES string of the molecule is O=C(O)[C@@H](Cc1nc2ccc(F)cc2[nH]1)NCc1ccccc1CS(=O)(=O)c1ccccc1. The van der Waals surface area contributed by atoms with Crippen LogP contribution in [-0.2, 0) is 33.4 Å². The van der Waals surface area contributed by atoms with Crippen LogP contribution in [0.25, 0.3) is 11.0 Å². The number of hydrogen-bond donors (Lipinski definition) is 3. The minimum absolute atomic E-state index is 0.0517. The van der Waals surface area contributed by atoms with Gasteiger partial charge in [-0.2, -0.15) is 0 Å². The molecule has 0 aliphatic rings. The fourth-order valence-electron chi connectivity index (χ4n) is 3.59. The summed E-state index contributed by atoms with van der Waals surface area (Å²) in [7, 11) is -3.55. The predicted molar refractivity (Wildman–Crippen MR) is 122 cm³/mol. The van der Waals surface area contributed by atoms with E-state index in [1.54, 1.807) is 54.6 Å². The van der Waals surface area contributed by atoms with Crippen LogP contribution in [0.3, 0.4) is 0 Å². The number of H-pyrrole nitrogens is 1. The molecule has 0 aliphatic heterocycles. The van der Waals surface area contributed by atoms with Gasteiger partial charge in [0.25, 0.3) is 0 Å². The number of carbonyl (C=O) groups is 1. The van der Waals surface area contributed by atoms with Gasteiger partial charge in [-0.1, -0.05) is 42.5 Å². The molecule has 0 radical (unpaired) electrons. The first kappa shape index (κ1) is 22.6. The van der Waals surface area contributed by atoms with Gasteiger partial charge in [0.05, 0.1) is 21.7 Å². The Bertz CT molecular complexity index is 1390. The van der Waals surface area contributed by atoms with Crippen LogP contribution in [0.15, 0.2) is 77.7 Å². The highest BCUT2D eigenvalue weighted by Gasteiger charge is 2.21. The van der Waals surface area contributed by atoms with E-state index < -0.39 is 27.7 Å². The van der Waals surface area contributed by atoms with Gasteiger partial charge in [0.1, 0.15) is 17.7 Å². The fraction of sp³-hybridized carbons (Fsp3) is 0.167. The van der Waals surface area contributed by atoms with Gasteiger partial charge < -0.3 is 10.1 Å². The normalized spacial score (nSPS) is 12.6. The van der Waals surface area contributed by atoms with Gasteiger partial charge >= 0.3 is 5.97 Å². The van der Waals surface area contributed by atoms with Crippen molar-refractivity contribution >= 4 is 26.8 Å². The molecular weight excluding hydrogens is 445 g/mol. The van der Waals surface area contributed by atoms with E-state index in [9.17, 15) is 22.7 Å². The van der Waals surface area contributed by atoms with Crippen LogP contribution < -0.4 is 5.32 Å². The van der Waals surface area contributed by atoms with Crippen LogP contribution in [0.5, 0.6) is 0 Å². The zero-order valence-electron chi connectivity index (χ0n) is 17.5. The summed E-state index contributed by atoms with van der Waals surface area (Å²) in [5.74, 6) is -1.26. The molecular formula is C24H22FN3O4S. The van der Waals surface area contributed by atoms with Crippen molar-refractivity contribution in [3.63, 3.8) is 0 Å². The number of aromatic amines is 1. The number of aromatic nitrogens is 2. The van der Waals surface area contributed by atoms with Crippen molar-refractivity contribution < 1.29 is 22.7 Å². The van der Waals surface area contributed by atoms with Gasteiger partial charge in [-0.15, -0.1) is 0 Å². The molecule has 1 heterocycles. The second-order valence-electron chi connectivity index (χ2n) is 7.66. The molecule has 33 heavy (non-hydrogen) atoms. The monoisotopic (exact) mass is 467 g/mol. The van der Waals surface area contributed by atoms with E-state index in [1.807, 2.05) is 0 Å². The maximum atomic E-state index is 13.4. The highest BCUT2D eigenvalue weighted by atomic mass is 32.2. The summed E-state index contributed by atoms with van der Waals surface area (Å²) in [6.45, 7) is 0.159. The Hall–Kier alpha value is -3.56. The molecule has 1 aromatic heterocycles. The van der Waals surface area contributed by atoms with Gasteiger partial charge in [-0.05, 0) is 41.5 Å². The van der Waals surface area contributed by atoms with E-state index in [1.165, 1.54) is 18.2 Å². The van der Waals surface area contributed by atoms with E-state index in [-0.39, 0.29) is 23.6 Å². The lowest BCUT2D eigenvalue weighted by Crippen LogP contribution is -2.38. The number of rotatable bonds is 9. The van der Waals surface area contributed by atoms with E-state index in [2.05, 4.69) is 15.3 Å². The molecule has 0 aliphatic carbocycles. The first-order valence-electron chi connectivity index (χ1n) is 10.3. The second-order valence-corrected chi connectivity index (χ2v) is 9.65.